The number of carbonyl (C=O) groups is 1. The molecule has 5 heteroatoms. The van der Waals surface area contributed by atoms with Crippen molar-refractivity contribution in [3.8, 4) is 11.8 Å². The Morgan fingerprint density at radius 2 is 2.20 bits per heavy atom. The molecule has 1 aromatic carbocycles. The second-order valence-corrected chi connectivity index (χ2v) is 5.38. The fourth-order valence-corrected chi connectivity index (χ4v) is 2.88. The molecule has 0 aliphatic carbocycles. The molecule has 2 N–H and O–H groups in total. The molecule has 0 fully saturated rings. The lowest BCUT2D eigenvalue weighted by Gasteiger charge is -2.24. The van der Waals surface area contributed by atoms with Crippen LogP contribution in [0.15, 0.2) is 47.5 Å². The summed E-state index contributed by atoms with van der Waals surface area (Å²) in [6.07, 6.45) is 1.97. The van der Waals surface area contributed by atoms with Crippen LogP contribution in [0.2, 0.25) is 0 Å². The van der Waals surface area contributed by atoms with Gasteiger partial charge in [0, 0.05) is 18.1 Å². The van der Waals surface area contributed by atoms with Crippen LogP contribution in [0.5, 0.6) is 5.75 Å². The van der Waals surface area contributed by atoms with Gasteiger partial charge in [-0.25, -0.2) is 0 Å². The molecule has 1 aliphatic heterocycles. The van der Waals surface area contributed by atoms with Gasteiger partial charge >= 0.3 is 0 Å². The van der Waals surface area contributed by atoms with E-state index < -0.39 is 0 Å². The van der Waals surface area contributed by atoms with Gasteiger partial charge in [0.15, 0.2) is 0 Å². The van der Waals surface area contributed by atoms with Crippen LogP contribution in [0.3, 0.4) is 0 Å². The lowest BCUT2D eigenvalue weighted by atomic mass is 9.87. The maximum absolute atomic E-state index is 11.8. The summed E-state index contributed by atoms with van der Waals surface area (Å²) in [4.78, 5) is 11.8. The van der Waals surface area contributed by atoms with E-state index in [1.54, 1.807) is 30.3 Å². The molecule has 1 aromatic rings. The second kappa shape index (κ2) is 6.31. The van der Waals surface area contributed by atoms with Crippen LogP contribution in [0.4, 0.5) is 0 Å². The number of allylic oxidation sites excluding steroid dienone is 1. The molecule has 1 aliphatic rings. The Bertz CT molecular complexity index is 599. The Labute approximate surface area is 121 Å². The fourth-order valence-electron chi connectivity index (χ4n) is 2.07. The summed E-state index contributed by atoms with van der Waals surface area (Å²) in [6, 6.07) is 8.80. The van der Waals surface area contributed by atoms with Gasteiger partial charge in [0.2, 0.25) is 5.91 Å². The number of aromatic hydroxyl groups is 1. The maximum atomic E-state index is 11.8. The average molecular weight is 286 g/mol. The molecule has 4 nitrogen and oxygen atoms in total. The number of rotatable bonds is 4. The molecule has 0 bridgehead atoms. The highest BCUT2D eigenvalue weighted by molar-refractivity contribution is 8.03. The smallest absolute Gasteiger partial charge is 0.225 e. The number of benzene rings is 1. The Morgan fingerprint density at radius 3 is 2.80 bits per heavy atom. The molecule has 0 spiro atoms. The van der Waals surface area contributed by atoms with Crippen molar-refractivity contribution >= 4 is 17.7 Å². The van der Waals surface area contributed by atoms with E-state index in [1.807, 2.05) is 0 Å². The minimum absolute atomic E-state index is 0.103. The maximum Gasteiger partial charge on any atom is 0.225 e. The highest BCUT2D eigenvalue weighted by Crippen LogP contribution is 2.36. The van der Waals surface area contributed by atoms with Crippen molar-refractivity contribution < 1.29 is 9.90 Å². The Kier molecular flexibility index (Phi) is 4.49. The predicted molar refractivity (Wildman–Crippen MR) is 78.9 cm³/mol. The van der Waals surface area contributed by atoms with E-state index >= 15 is 0 Å². The van der Waals surface area contributed by atoms with Crippen molar-refractivity contribution in [1.29, 1.82) is 5.26 Å². The molecule has 1 atom stereocenters. The number of amides is 1. The standard InChI is InChI=1S/C15H14N2O2S/c1-2-7-20-15-13(9-16)12(8-14(19)17-15)10-3-5-11(18)6-4-10/h2-6,12,18H,1,7-8H2,(H,17,19)/t12-/m1/s1. The van der Waals surface area contributed by atoms with E-state index in [9.17, 15) is 15.2 Å². The number of carbonyl (C=O) groups excluding carboxylic acids is 1. The van der Waals surface area contributed by atoms with Gasteiger partial charge in [-0.3, -0.25) is 4.79 Å². The van der Waals surface area contributed by atoms with Gasteiger partial charge in [0.05, 0.1) is 16.7 Å². The molecule has 2 rings (SSSR count). The number of thioether (sulfide) groups is 1. The first kappa shape index (κ1) is 14.2. The first-order valence-corrected chi connectivity index (χ1v) is 7.11. The first-order chi connectivity index (χ1) is 9.65. The molecule has 0 radical (unpaired) electrons. The summed E-state index contributed by atoms with van der Waals surface area (Å²) in [7, 11) is 0. The highest BCUT2D eigenvalue weighted by Gasteiger charge is 2.29. The quantitative estimate of drug-likeness (QED) is 0.835. The van der Waals surface area contributed by atoms with E-state index in [2.05, 4.69) is 18.0 Å². The zero-order chi connectivity index (χ0) is 14.5. The summed E-state index contributed by atoms with van der Waals surface area (Å²) in [5.74, 6) is 0.427. The molecular formula is C15H14N2O2S. The second-order valence-electron chi connectivity index (χ2n) is 4.35. The average Bonchev–Trinajstić information content (AvgIpc) is 2.45. The number of nitriles is 1. The van der Waals surface area contributed by atoms with Crippen LogP contribution in [-0.2, 0) is 4.79 Å². The molecule has 0 saturated heterocycles. The Hall–Kier alpha value is -2.19. The zero-order valence-electron chi connectivity index (χ0n) is 10.8. The van der Waals surface area contributed by atoms with Crippen LogP contribution in [-0.4, -0.2) is 16.8 Å². The summed E-state index contributed by atoms with van der Waals surface area (Å²) < 4.78 is 0. The summed E-state index contributed by atoms with van der Waals surface area (Å²) in [5, 5.41) is 22.1. The van der Waals surface area contributed by atoms with Crippen molar-refractivity contribution in [2.45, 2.75) is 12.3 Å². The van der Waals surface area contributed by atoms with E-state index in [-0.39, 0.29) is 24.0 Å². The molecule has 102 valence electrons. The third-order valence-corrected chi connectivity index (χ3v) is 4.01. The summed E-state index contributed by atoms with van der Waals surface area (Å²) >= 11 is 1.39. The number of hydrogen-bond acceptors (Lipinski definition) is 4. The molecule has 1 amide bonds. The van der Waals surface area contributed by atoms with Crippen LogP contribution >= 0.6 is 11.8 Å². The Morgan fingerprint density at radius 1 is 1.50 bits per heavy atom. The lowest BCUT2D eigenvalue weighted by molar-refractivity contribution is -0.120. The lowest BCUT2D eigenvalue weighted by Crippen LogP contribution is -2.30. The van der Waals surface area contributed by atoms with E-state index in [4.69, 9.17) is 0 Å². The first-order valence-electron chi connectivity index (χ1n) is 6.12. The monoisotopic (exact) mass is 286 g/mol. The summed E-state index contributed by atoms with van der Waals surface area (Å²) in [6.45, 7) is 3.64. The van der Waals surface area contributed by atoms with Gasteiger partial charge in [-0.1, -0.05) is 18.2 Å². The van der Waals surface area contributed by atoms with Crippen LogP contribution in [0, 0.1) is 11.3 Å². The van der Waals surface area contributed by atoms with E-state index in [0.29, 0.717) is 16.4 Å². The van der Waals surface area contributed by atoms with Gasteiger partial charge in [0.1, 0.15) is 5.75 Å². The molecule has 0 unspecified atom stereocenters. The van der Waals surface area contributed by atoms with E-state index in [0.717, 1.165) is 5.56 Å². The minimum Gasteiger partial charge on any atom is -0.508 e. The number of nitrogens with one attached hydrogen (secondary N) is 1. The van der Waals surface area contributed by atoms with Crippen LogP contribution < -0.4 is 5.32 Å². The summed E-state index contributed by atoms with van der Waals surface area (Å²) in [5.41, 5.74) is 1.41. The van der Waals surface area contributed by atoms with Crippen molar-refractivity contribution in [2.24, 2.45) is 0 Å². The van der Waals surface area contributed by atoms with Crippen molar-refractivity contribution in [2.75, 3.05) is 5.75 Å². The predicted octanol–water partition coefficient (Wildman–Crippen LogP) is 2.65. The topological polar surface area (TPSA) is 73.1 Å². The highest BCUT2D eigenvalue weighted by atomic mass is 32.2. The third kappa shape index (κ3) is 3.03. The minimum atomic E-state index is -0.262. The van der Waals surface area contributed by atoms with Crippen molar-refractivity contribution in [3.63, 3.8) is 0 Å². The van der Waals surface area contributed by atoms with Gasteiger partial charge in [0.25, 0.3) is 0 Å². The molecule has 20 heavy (non-hydrogen) atoms. The largest absolute Gasteiger partial charge is 0.508 e. The fraction of sp³-hybridized carbons (Fsp3) is 0.200. The van der Waals surface area contributed by atoms with Gasteiger partial charge in [-0.05, 0) is 17.7 Å². The zero-order valence-corrected chi connectivity index (χ0v) is 11.6. The van der Waals surface area contributed by atoms with Crippen molar-refractivity contribution in [3.05, 3.63) is 53.1 Å². The normalized spacial score (nSPS) is 18.4. The van der Waals surface area contributed by atoms with Gasteiger partial charge < -0.3 is 10.4 Å². The van der Waals surface area contributed by atoms with Crippen LogP contribution in [0.25, 0.3) is 0 Å². The SMILES string of the molecule is C=CCSC1=C(C#N)[C@@H](c2ccc(O)cc2)CC(=O)N1. The number of phenols is 1. The molecule has 0 saturated carbocycles. The molecule has 0 aromatic heterocycles. The van der Waals surface area contributed by atoms with E-state index in [1.165, 1.54) is 11.8 Å². The van der Waals surface area contributed by atoms with Gasteiger partial charge in [-0.2, -0.15) is 5.26 Å². The number of phenolic OH excluding ortho intramolecular Hbond substituents is 1. The van der Waals surface area contributed by atoms with Crippen molar-refractivity contribution in [1.82, 2.24) is 5.32 Å². The van der Waals surface area contributed by atoms with Crippen LogP contribution in [0.1, 0.15) is 17.9 Å². The number of hydrogen-bond donors (Lipinski definition) is 2. The van der Waals surface area contributed by atoms with Gasteiger partial charge in [-0.15, -0.1) is 18.3 Å². The number of nitrogens with zero attached hydrogens (tertiary/aromatic N) is 1. The molecular weight excluding hydrogens is 272 g/mol. The third-order valence-electron chi connectivity index (χ3n) is 3.00. The Balaban J connectivity index is 2.39. The molecule has 1 heterocycles.